The van der Waals surface area contributed by atoms with Gasteiger partial charge < -0.3 is 4.90 Å². The van der Waals surface area contributed by atoms with Gasteiger partial charge >= 0.3 is 0 Å². The highest BCUT2D eigenvalue weighted by atomic mass is 15.3. The van der Waals surface area contributed by atoms with Crippen molar-refractivity contribution in [2.45, 2.75) is 13.0 Å². The molecule has 0 saturated carbocycles. The summed E-state index contributed by atoms with van der Waals surface area (Å²) in [5, 5.41) is 0. The molecule has 1 fully saturated rings. The minimum absolute atomic E-state index is 0.493. The van der Waals surface area contributed by atoms with Crippen LogP contribution >= 0.6 is 0 Å². The van der Waals surface area contributed by atoms with Crippen molar-refractivity contribution in [1.29, 1.82) is 0 Å². The van der Waals surface area contributed by atoms with Crippen molar-refractivity contribution in [3.8, 4) is 0 Å². The number of pyridine rings is 1. The lowest BCUT2D eigenvalue weighted by molar-refractivity contribution is 0.119. The van der Waals surface area contributed by atoms with Crippen LogP contribution in [0, 0.1) is 0 Å². The zero-order valence-electron chi connectivity index (χ0n) is 9.56. The van der Waals surface area contributed by atoms with Crippen LogP contribution in [0.4, 0.5) is 0 Å². The summed E-state index contributed by atoms with van der Waals surface area (Å²) < 4.78 is 0. The first-order valence-electron chi connectivity index (χ1n) is 5.60. The monoisotopic (exact) mass is 205 g/mol. The molecule has 1 saturated heterocycles. The summed E-state index contributed by atoms with van der Waals surface area (Å²) in [7, 11) is 2.19. The minimum Gasteiger partial charge on any atom is -0.304 e. The predicted octanol–water partition coefficient (Wildman–Crippen LogP) is 1.39. The zero-order chi connectivity index (χ0) is 10.7. The Morgan fingerprint density at radius 2 is 2.00 bits per heavy atom. The Bertz CT molecular complexity index is 291. The Kier molecular flexibility index (Phi) is 3.34. The maximum absolute atomic E-state index is 4.18. The van der Waals surface area contributed by atoms with Gasteiger partial charge in [0.25, 0.3) is 0 Å². The maximum atomic E-state index is 4.18. The zero-order valence-corrected chi connectivity index (χ0v) is 9.56. The Balaban J connectivity index is 1.99. The van der Waals surface area contributed by atoms with Crippen molar-refractivity contribution in [2.24, 2.45) is 0 Å². The molecule has 1 aromatic rings. The molecule has 2 rings (SSSR count). The van der Waals surface area contributed by atoms with Crippen LogP contribution in [0.15, 0.2) is 24.5 Å². The second-order valence-electron chi connectivity index (χ2n) is 4.30. The molecule has 1 aromatic heterocycles. The number of hydrogen-bond donors (Lipinski definition) is 0. The van der Waals surface area contributed by atoms with E-state index < -0.39 is 0 Å². The summed E-state index contributed by atoms with van der Waals surface area (Å²) in [6.45, 7) is 6.93. The molecule has 2 heterocycles. The molecule has 3 nitrogen and oxygen atoms in total. The van der Waals surface area contributed by atoms with E-state index in [1.807, 2.05) is 18.5 Å². The molecule has 0 aromatic carbocycles. The summed E-state index contributed by atoms with van der Waals surface area (Å²) >= 11 is 0. The fraction of sp³-hybridized carbons (Fsp3) is 0.583. The first-order chi connectivity index (χ1) is 7.27. The number of aromatic nitrogens is 1. The molecule has 82 valence electrons. The second kappa shape index (κ2) is 4.73. The highest BCUT2D eigenvalue weighted by Gasteiger charge is 2.19. The molecule has 0 amide bonds. The van der Waals surface area contributed by atoms with Gasteiger partial charge in [0.05, 0.1) is 0 Å². The third-order valence-corrected chi connectivity index (χ3v) is 3.25. The Morgan fingerprint density at radius 3 is 2.60 bits per heavy atom. The normalized spacial score (nSPS) is 21.5. The largest absolute Gasteiger partial charge is 0.304 e. The van der Waals surface area contributed by atoms with Crippen LogP contribution in [0.25, 0.3) is 0 Å². The van der Waals surface area contributed by atoms with E-state index in [4.69, 9.17) is 0 Å². The molecule has 0 aliphatic carbocycles. The Morgan fingerprint density at radius 1 is 1.27 bits per heavy atom. The van der Waals surface area contributed by atoms with Gasteiger partial charge in [0.1, 0.15) is 0 Å². The first kappa shape index (κ1) is 10.6. The third kappa shape index (κ3) is 2.55. The Hall–Kier alpha value is -0.930. The van der Waals surface area contributed by atoms with Gasteiger partial charge in [0.2, 0.25) is 0 Å². The molecule has 3 heteroatoms. The molecule has 1 atom stereocenters. The van der Waals surface area contributed by atoms with Crippen LogP contribution in [-0.2, 0) is 0 Å². The molecular weight excluding hydrogens is 186 g/mol. The van der Waals surface area contributed by atoms with Crippen LogP contribution in [0.2, 0.25) is 0 Å². The van der Waals surface area contributed by atoms with Gasteiger partial charge in [-0.2, -0.15) is 0 Å². The molecule has 0 spiro atoms. The molecule has 0 N–H and O–H groups in total. The van der Waals surface area contributed by atoms with E-state index in [1.165, 1.54) is 18.7 Å². The number of hydrogen-bond acceptors (Lipinski definition) is 3. The predicted molar refractivity (Wildman–Crippen MR) is 61.7 cm³/mol. The van der Waals surface area contributed by atoms with Crippen molar-refractivity contribution in [3.05, 3.63) is 30.1 Å². The lowest BCUT2D eigenvalue weighted by Crippen LogP contribution is -2.45. The lowest BCUT2D eigenvalue weighted by atomic mass is 10.1. The molecule has 0 bridgehead atoms. The molecule has 15 heavy (non-hydrogen) atoms. The smallest absolute Gasteiger partial charge is 0.0336 e. The van der Waals surface area contributed by atoms with Crippen LogP contribution in [-0.4, -0.2) is 48.0 Å². The van der Waals surface area contributed by atoms with E-state index in [9.17, 15) is 0 Å². The average Bonchev–Trinajstić information content (AvgIpc) is 2.30. The number of likely N-dealkylation sites (N-methyl/N-ethyl adjacent to an activating group) is 1. The topological polar surface area (TPSA) is 19.4 Å². The summed E-state index contributed by atoms with van der Waals surface area (Å²) in [6, 6.07) is 4.67. The van der Waals surface area contributed by atoms with Crippen molar-refractivity contribution in [3.63, 3.8) is 0 Å². The van der Waals surface area contributed by atoms with Gasteiger partial charge in [-0.3, -0.25) is 9.88 Å². The summed E-state index contributed by atoms with van der Waals surface area (Å²) in [5.41, 5.74) is 1.32. The lowest BCUT2D eigenvalue weighted by Gasteiger charge is -2.36. The van der Waals surface area contributed by atoms with Crippen molar-refractivity contribution >= 4 is 0 Å². The van der Waals surface area contributed by atoms with E-state index >= 15 is 0 Å². The van der Waals surface area contributed by atoms with Crippen molar-refractivity contribution in [1.82, 2.24) is 14.8 Å². The molecule has 1 aliphatic rings. The number of piperazine rings is 1. The summed E-state index contributed by atoms with van der Waals surface area (Å²) in [4.78, 5) is 9.08. The van der Waals surface area contributed by atoms with Crippen LogP contribution in [0.3, 0.4) is 0 Å². The van der Waals surface area contributed by atoms with Gasteiger partial charge in [-0.25, -0.2) is 0 Å². The van der Waals surface area contributed by atoms with E-state index in [0.717, 1.165) is 13.1 Å². The summed E-state index contributed by atoms with van der Waals surface area (Å²) in [5.74, 6) is 0. The number of rotatable bonds is 2. The van der Waals surface area contributed by atoms with Crippen LogP contribution in [0.5, 0.6) is 0 Å². The minimum atomic E-state index is 0.493. The maximum Gasteiger partial charge on any atom is 0.0336 e. The Labute approximate surface area is 91.7 Å². The highest BCUT2D eigenvalue weighted by molar-refractivity contribution is 5.13. The quantitative estimate of drug-likeness (QED) is 0.727. The van der Waals surface area contributed by atoms with Gasteiger partial charge in [-0.1, -0.05) is 6.07 Å². The third-order valence-electron chi connectivity index (χ3n) is 3.25. The van der Waals surface area contributed by atoms with Crippen LogP contribution in [0.1, 0.15) is 18.5 Å². The fourth-order valence-electron chi connectivity index (χ4n) is 2.04. The number of nitrogens with zero attached hydrogens (tertiary/aromatic N) is 3. The van der Waals surface area contributed by atoms with Crippen LogP contribution < -0.4 is 0 Å². The molecule has 1 unspecified atom stereocenters. The van der Waals surface area contributed by atoms with E-state index in [-0.39, 0.29) is 0 Å². The van der Waals surface area contributed by atoms with E-state index in [1.54, 1.807) is 0 Å². The molecule has 1 aliphatic heterocycles. The molecular formula is C12H19N3. The molecule has 0 radical (unpaired) electrons. The second-order valence-corrected chi connectivity index (χ2v) is 4.30. The highest BCUT2D eigenvalue weighted by Crippen LogP contribution is 2.19. The van der Waals surface area contributed by atoms with Crippen molar-refractivity contribution < 1.29 is 0 Å². The van der Waals surface area contributed by atoms with Gasteiger partial charge in [0, 0.05) is 44.6 Å². The van der Waals surface area contributed by atoms with Gasteiger partial charge in [-0.15, -0.1) is 0 Å². The first-order valence-corrected chi connectivity index (χ1v) is 5.60. The van der Waals surface area contributed by atoms with Crippen molar-refractivity contribution in [2.75, 3.05) is 33.2 Å². The standard InChI is InChI=1S/C12H19N3/c1-11(12-4-3-5-13-10-12)15-8-6-14(2)7-9-15/h3-5,10-11H,6-9H2,1-2H3. The fourth-order valence-corrected chi connectivity index (χ4v) is 2.04. The van der Waals surface area contributed by atoms with Gasteiger partial charge in [0.15, 0.2) is 0 Å². The summed E-state index contributed by atoms with van der Waals surface area (Å²) in [6.07, 6.45) is 3.81. The SMILES string of the molecule is CC(c1cccnc1)N1CCN(C)CC1. The van der Waals surface area contributed by atoms with E-state index in [0.29, 0.717) is 6.04 Å². The van der Waals surface area contributed by atoms with E-state index in [2.05, 4.69) is 34.8 Å². The van der Waals surface area contributed by atoms with Gasteiger partial charge in [-0.05, 0) is 25.6 Å². The average molecular weight is 205 g/mol.